The molecule has 1 aromatic carbocycles. The Kier molecular flexibility index (Phi) is 4.21. The predicted molar refractivity (Wildman–Crippen MR) is 92.7 cm³/mol. The summed E-state index contributed by atoms with van der Waals surface area (Å²) in [5, 5.41) is 3.55. The molecule has 0 radical (unpaired) electrons. The minimum atomic E-state index is 0.209. The molecule has 2 aliphatic rings. The number of rotatable bonds is 3. The Morgan fingerprint density at radius 1 is 1.17 bits per heavy atom. The normalized spacial score (nSPS) is 20.2. The summed E-state index contributed by atoms with van der Waals surface area (Å²) in [4.78, 5) is 11.0. The lowest BCUT2D eigenvalue weighted by Crippen LogP contribution is -2.36. The first-order valence-corrected chi connectivity index (χ1v) is 8.45. The zero-order valence-corrected chi connectivity index (χ0v) is 13.9. The Morgan fingerprint density at radius 2 is 2.04 bits per heavy atom. The van der Waals surface area contributed by atoms with Gasteiger partial charge in [0.2, 0.25) is 0 Å². The van der Waals surface area contributed by atoms with E-state index in [2.05, 4.69) is 45.3 Å². The Balaban J connectivity index is 1.55. The highest BCUT2D eigenvalue weighted by molar-refractivity contribution is 5.52. The largest absolute Gasteiger partial charge is 0.493 e. The predicted octanol–water partition coefficient (Wildman–Crippen LogP) is 2.56. The standard InChI is InChI=1S/C18H22N4O2/c1-13-3-2-4-14-15(5-8-24-18(13)14)21-16-11-17(20-12-19-16)22-6-9-23-10-7-22/h2-4,11-12,15H,5-10H2,1H3,(H,19,20,21)/t15-/m0/s1. The second-order valence-electron chi connectivity index (χ2n) is 6.19. The lowest BCUT2D eigenvalue weighted by Gasteiger charge is -2.29. The molecule has 2 aromatic rings. The summed E-state index contributed by atoms with van der Waals surface area (Å²) >= 11 is 0. The zero-order valence-electron chi connectivity index (χ0n) is 13.9. The third kappa shape index (κ3) is 3.01. The molecule has 6 nitrogen and oxygen atoms in total. The van der Waals surface area contributed by atoms with Gasteiger partial charge in [-0.05, 0) is 12.5 Å². The van der Waals surface area contributed by atoms with Crippen LogP contribution in [0.5, 0.6) is 5.75 Å². The molecular formula is C18H22N4O2. The van der Waals surface area contributed by atoms with Gasteiger partial charge in [-0.15, -0.1) is 0 Å². The van der Waals surface area contributed by atoms with Crippen LogP contribution in [0.3, 0.4) is 0 Å². The van der Waals surface area contributed by atoms with Crippen molar-refractivity contribution in [1.29, 1.82) is 0 Å². The van der Waals surface area contributed by atoms with Crippen molar-refractivity contribution in [2.75, 3.05) is 43.1 Å². The summed E-state index contributed by atoms with van der Waals surface area (Å²) in [6, 6.07) is 8.53. The molecule has 1 N–H and O–H groups in total. The molecule has 24 heavy (non-hydrogen) atoms. The van der Waals surface area contributed by atoms with Crippen molar-refractivity contribution >= 4 is 11.6 Å². The molecule has 1 fully saturated rings. The lowest BCUT2D eigenvalue weighted by atomic mass is 9.98. The summed E-state index contributed by atoms with van der Waals surface area (Å²) < 4.78 is 11.3. The van der Waals surface area contributed by atoms with Gasteiger partial charge in [-0.25, -0.2) is 9.97 Å². The molecule has 1 aromatic heterocycles. The molecule has 4 rings (SSSR count). The van der Waals surface area contributed by atoms with Gasteiger partial charge in [0.1, 0.15) is 23.7 Å². The second kappa shape index (κ2) is 6.65. The number of anilines is 2. The Morgan fingerprint density at radius 3 is 2.92 bits per heavy atom. The topological polar surface area (TPSA) is 59.5 Å². The SMILES string of the molecule is Cc1cccc2c1OCC[C@@H]2Nc1cc(N2CCOCC2)ncn1. The molecule has 0 unspecified atom stereocenters. The summed E-state index contributed by atoms with van der Waals surface area (Å²) in [5.74, 6) is 2.81. The van der Waals surface area contributed by atoms with Gasteiger partial charge >= 0.3 is 0 Å². The van der Waals surface area contributed by atoms with Crippen LogP contribution in [0.4, 0.5) is 11.6 Å². The Hall–Kier alpha value is -2.34. The van der Waals surface area contributed by atoms with Crippen molar-refractivity contribution in [1.82, 2.24) is 9.97 Å². The Bertz CT molecular complexity index is 716. The van der Waals surface area contributed by atoms with E-state index in [-0.39, 0.29) is 6.04 Å². The fourth-order valence-electron chi connectivity index (χ4n) is 3.30. The fourth-order valence-corrected chi connectivity index (χ4v) is 3.30. The highest BCUT2D eigenvalue weighted by Gasteiger charge is 2.23. The number of morpholine rings is 1. The van der Waals surface area contributed by atoms with Crippen molar-refractivity contribution in [3.05, 3.63) is 41.7 Å². The van der Waals surface area contributed by atoms with E-state index in [4.69, 9.17) is 9.47 Å². The molecule has 126 valence electrons. The van der Waals surface area contributed by atoms with E-state index >= 15 is 0 Å². The molecule has 2 aliphatic heterocycles. The number of ether oxygens (including phenoxy) is 2. The van der Waals surface area contributed by atoms with Crippen molar-refractivity contribution in [2.24, 2.45) is 0 Å². The molecule has 3 heterocycles. The van der Waals surface area contributed by atoms with Gasteiger partial charge in [0.25, 0.3) is 0 Å². The smallest absolute Gasteiger partial charge is 0.134 e. The number of aryl methyl sites for hydroxylation is 1. The van der Waals surface area contributed by atoms with Gasteiger partial charge in [0, 0.05) is 31.1 Å². The van der Waals surface area contributed by atoms with Crippen LogP contribution in [0.15, 0.2) is 30.6 Å². The number of nitrogens with one attached hydrogen (secondary N) is 1. The van der Waals surface area contributed by atoms with Crippen LogP contribution >= 0.6 is 0 Å². The van der Waals surface area contributed by atoms with E-state index in [0.717, 1.165) is 56.7 Å². The maximum atomic E-state index is 5.85. The van der Waals surface area contributed by atoms with Crippen molar-refractivity contribution in [3.63, 3.8) is 0 Å². The molecule has 6 heteroatoms. The zero-order chi connectivity index (χ0) is 16.4. The van der Waals surface area contributed by atoms with Crippen molar-refractivity contribution in [2.45, 2.75) is 19.4 Å². The molecule has 0 amide bonds. The first-order valence-electron chi connectivity index (χ1n) is 8.45. The second-order valence-corrected chi connectivity index (χ2v) is 6.19. The van der Waals surface area contributed by atoms with Gasteiger partial charge in [0.05, 0.1) is 25.9 Å². The third-order valence-electron chi connectivity index (χ3n) is 4.58. The number of hydrogen-bond donors (Lipinski definition) is 1. The number of hydrogen-bond acceptors (Lipinski definition) is 6. The number of para-hydroxylation sites is 1. The van der Waals surface area contributed by atoms with E-state index in [0.29, 0.717) is 0 Å². The maximum absolute atomic E-state index is 5.85. The number of aromatic nitrogens is 2. The van der Waals surface area contributed by atoms with Crippen LogP contribution in [-0.4, -0.2) is 42.9 Å². The summed E-state index contributed by atoms with van der Waals surface area (Å²) in [7, 11) is 0. The molecule has 0 spiro atoms. The quantitative estimate of drug-likeness (QED) is 0.935. The lowest BCUT2D eigenvalue weighted by molar-refractivity contribution is 0.122. The Labute approximate surface area is 141 Å². The van der Waals surface area contributed by atoms with E-state index in [1.54, 1.807) is 6.33 Å². The molecule has 0 aliphatic carbocycles. The summed E-state index contributed by atoms with van der Waals surface area (Å²) in [6.45, 7) is 6.05. The minimum absolute atomic E-state index is 0.209. The highest BCUT2D eigenvalue weighted by Crippen LogP contribution is 2.36. The van der Waals surface area contributed by atoms with Crippen LogP contribution in [0, 0.1) is 6.92 Å². The van der Waals surface area contributed by atoms with Crippen LogP contribution in [-0.2, 0) is 4.74 Å². The van der Waals surface area contributed by atoms with E-state index in [9.17, 15) is 0 Å². The molecule has 1 atom stereocenters. The number of benzene rings is 1. The van der Waals surface area contributed by atoms with Crippen molar-refractivity contribution < 1.29 is 9.47 Å². The van der Waals surface area contributed by atoms with E-state index in [1.165, 1.54) is 11.1 Å². The van der Waals surface area contributed by atoms with Crippen LogP contribution in [0.2, 0.25) is 0 Å². The van der Waals surface area contributed by atoms with Gasteiger partial charge in [0.15, 0.2) is 0 Å². The average Bonchev–Trinajstić information content (AvgIpc) is 2.64. The monoisotopic (exact) mass is 326 g/mol. The van der Waals surface area contributed by atoms with E-state index in [1.807, 2.05) is 6.07 Å². The molecule has 0 bridgehead atoms. The first kappa shape index (κ1) is 15.2. The van der Waals surface area contributed by atoms with Gasteiger partial charge in [-0.3, -0.25) is 0 Å². The first-order chi connectivity index (χ1) is 11.8. The third-order valence-corrected chi connectivity index (χ3v) is 4.58. The van der Waals surface area contributed by atoms with Gasteiger partial charge < -0.3 is 19.7 Å². The minimum Gasteiger partial charge on any atom is -0.493 e. The summed E-state index contributed by atoms with van der Waals surface area (Å²) in [5.41, 5.74) is 2.38. The molecule has 1 saturated heterocycles. The molecular weight excluding hydrogens is 304 g/mol. The van der Waals surface area contributed by atoms with Gasteiger partial charge in [-0.1, -0.05) is 18.2 Å². The maximum Gasteiger partial charge on any atom is 0.134 e. The van der Waals surface area contributed by atoms with Crippen LogP contribution < -0.4 is 15.0 Å². The highest BCUT2D eigenvalue weighted by atomic mass is 16.5. The number of nitrogens with zero attached hydrogens (tertiary/aromatic N) is 3. The van der Waals surface area contributed by atoms with Crippen molar-refractivity contribution in [3.8, 4) is 5.75 Å². The van der Waals surface area contributed by atoms with Crippen LogP contribution in [0.1, 0.15) is 23.6 Å². The van der Waals surface area contributed by atoms with Crippen LogP contribution in [0.25, 0.3) is 0 Å². The van der Waals surface area contributed by atoms with E-state index < -0.39 is 0 Å². The average molecular weight is 326 g/mol. The van der Waals surface area contributed by atoms with Gasteiger partial charge in [-0.2, -0.15) is 0 Å². The molecule has 0 saturated carbocycles. The number of fused-ring (bicyclic) bond motifs is 1. The summed E-state index contributed by atoms with van der Waals surface area (Å²) in [6.07, 6.45) is 2.55. The fraction of sp³-hybridized carbons (Fsp3) is 0.444.